The fourth-order valence-corrected chi connectivity index (χ4v) is 4.12. The van der Waals surface area contributed by atoms with E-state index in [0.717, 1.165) is 24.1 Å². The van der Waals surface area contributed by atoms with E-state index >= 15 is 0 Å². The molecule has 0 unspecified atom stereocenters. The lowest BCUT2D eigenvalue weighted by atomic mass is 9.85. The molecule has 1 aliphatic carbocycles. The molecule has 1 atom stereocenters. The predicted octanol–water partition coefficient (Wildman–Crippen LogP) is 5.10. The van der Waals surface area contributed by atoms with Gasteiger partial charge in [-0.15, -0.1) is 0 Å². The van der Waals surface area contributed by atoms with Crippen molar-refractivity contribution in [2.75, 3.05) is 0 Å². The number of nitrogens with zero attached hydrogens (tertiary/aromatic N) is 1. The number of hydrazone groups is 1. The number of amides is 1. The maximum Gasteiger partial charge on any atom is 0.244 e. The summed E-state index contributed by atoms with van der Waals surface area (Å²) in [4.78, 5) is 13.0. The van der Waals surface area contributed by atoms with Crippen LogP contribution in [0.2, 0.25) is 0 Å². The molecule has 1 N–H and O–H groups in total. The van der Waals surface area contributed by atoms with Crippen LogP contribution in [0.3, 0.4) is 0 Å². The third-order valence-corrected chi connectivity index (χ3v) is 5.97. The Morgan fingerprint density at radius 1 is 0.931 bits per heavy atom. The summed E-state index contributed by atoms with van der Waals surface area (Å²) in [5.74, 6) is -0.145. The van der Waals surface area contributed by atoms with Crippen LogP contribution >= 0.6 is 0 Å². The molecule has 3 aromatic rings. The first-order chi connectivity index (χ1) is 14.1. The standard InChI is InChI=1S/C26H26N2O/c1-3-20-14-16-21(17-15-20)19(2)27-28-25(29)24-18-26(24,22-10-6-4-7-11-22)23-12-8-5-9-13-23/h4-17,24H,3,18H2,1-2H3,(H,28,29)/b27-19-/t24-/m0/s1. The Bertz CT molecular complexity index is 968. The molecule has 3 aromatic carbocycles. The summed E-state index contributed by atoms with van der Waals surface area (Å²) >= 11 is 0. The molecule has 0 heterocycles. The van der Waals surface area contributed by atoms with E-state index in [2.05, 4.69) is 66.0 Å². The van der Waals surface area contributed by atoms with Gasteiger partial charge in [0.05, 0.1) is 11.6 Å². The first-order valence-corrected chi connectivity index (χ1v) is 10.2. The van der Waals surface area contributed by atoms with Crippen LogP contribution in [0.25, 0.3) is 0 Å². The molecule has 146 valence electrons. The van der Waals surface area contributed by atoms with Gasteiger partial charge >= 0.3 is 0 Å². The van der Waals surface area contributed by atoms with Crippen LogP contribution in [0, 0.1) is 5.92 Å². The molecule has 1 aliphatic rings. The quantitative estimate of drug-likeness (QED) is 0.468. The Labute approximate surface area is 172 Å². The highest BCUT2D eigenvalue weighted by atomic mass is 16.2. The second-order valence-corrected chi connectivity index (χ2v) is 7.68. The van der Waals surface area contributed by atoms with Gasteiger partial charge in [-0.1, -0.05) is 91.9 Å². The van der Waals surface area contributed by atoms with Crippen molar-refractivity contribution >= 4 is 11.6 Å². The Balaban J connectivity index is 1.54. The monoisotopic (exact) mass is 382 g/mol. The van der Waals surface area contributed by atoms with Crippen LogP contribution in [0.1, 0.15) is 42.5 Å². The molecular weight excluding hydrogens is 356 g/mol. The first-order valence-electron chi connectivity index (χ1n) is 10.2. The van der Waals surface area contributed by atoms with Gasteiger partial charge in [-0.2, -0.15) is 5.10 Å². The second-order valence-electron chi connectivity index (χ2n) is 7.68. The summed E-state index contributed by atoms with van der Waals surface area (Å²) in [7, 11) is 0. The molecule has 0 saturated heterocycles. The highest BCUT2D eigenvalue weighted by molar-refractivity contribution is 5.99. The lowest BCUT2D eigenvalue weighted by Crippen LogP contribution is -2.26. The molecule has 0 spiro atoms. The third-order valence-electron chi connectivity index (χ3n) is 5.97. The smallest absolute Gasteiger partial charge is 0.244 e. The van der Waals surface area contributed by atoms with Crippen molar-refractivity contribution in [2.24, 2.45) is 11.0 Å². The molecule has 0 aromatic heterocycles. The summed E-state index contributed by atoms with van der Waals surface area (Å²) in [6.07, 6.45) is 1.81. The number of hydrogen-bond acceptors (Lipinski definition) is 2. The number of aryl methyl sites for hydroxylation is 1. The fraction of sp³-hybridized carbons (Fsp3) is 0.231. The van der Waals surface area contributed by atoms with Crippen molar-refractivity contribution in [3.63, 3.8) is 0 Å². The molecule has 0 aliphatic heterocycles. The third kappa shape index (κ3) is 3.73. The minimum atomic E-state index is -0.265. The summed E-state index contributed by atoms with van der Waals surface area (Å²) in [5, 5.41) is 4.38. The van der Waals surface area contributed by atoms with E-state index in [4.69, 9.17) is 0 Å². The molecule has 0 bridgehead atoms. The number of hydrogen-bond donors (Lipinski definition) is 1. The maximum absolute atomic E-state index is 13.0. The zero-order valence-electron chi connectivity index (χ0n) is 16.9. The molecule has 4 rings (SSSR count). The number of nitrogens with one attached hydrogen (secondary N) is 1. The van der Waals surface area contributed by atoms with Gasteiger partial charge in [0.2, 0.25) is 5.91 Å². The van der Waals surface area contributed by atoms with E-state index < -0.39 is 0 Å². The van der Waals surface area contributed by atoms with Gasteiger partial charge in [-0.3, -0.25) is 4.79 Å². The Morgan fingerprint density at radius 2 is 1.48 bits per heavy atom. The number of rotatable bonds is 6. The Hall–Kier alpha value is -3.20. The lowest BCUT2D eigenvalue weighted by molar-refractivity contribution is -0.122. The van der Waals surface area contributed by atoms with Crippen LogP contribution in [-0.2, 0) is 16.6 Å². The van der Waals surface area contributed by atoms with E-state index in [1.54, 1.807) is 0 Å². The molecule has 3 heteroatoms. The second kappa shape index (κ2) is 8.04. The zero-order valence-corrected chi connectivity index (χ0v) is 16.9. The minimum Gasteiger partial charge on any atom is -0.273 e. The van der Waals surface area contributed by atoms with Crippen molar-refractivity contribution in [3.8, 4) is 0 Å². The van der Waals surface area contributed by atoms with Crippen LogP contribution in [0.5, 0.6) is 0 Å². The van der Waals surface area contributed by atoms with Crippen LogP contribution in [0.15, 0.2) is 90.0 Å². The van der Waals surface area contributed by atoms with Gasteiger partial charge in [0.1, 0.15) is 0 Å². The van der Waals surface area contributed by atoms with Crippen molar-refractivity contribution in [1.82, 2.24) is 5.43 Å². The Morgan fingerprint density at radius 3 is 2.00 bits per heavy atom. The van der Waals surface area contributed by atoms with Gasteiger partial charge in [0, 0.05) is 5.41 Å². The largest absolute Gasteiger partial charge is 0.273 e. The molecule has 1 saturated carbocycles. The number of benzene rings is 3. The van der Waals surface area contributed by atoms with E-state index in [-0.39, 0.29) is 17.2 Å². The normalized spacial score (nSPS) is 17.6. The average molecular weight is 383 g/mol. The first kappa shape index (κ1) is 19.1. The van der Waals surface area contributed by atoms with Crippen molar-refractivity contribution in [3.05, 3.63) is 107 Å². The van der Waals surface area contributed by atoms with Gasteiger partial charge < -0.3 is 0 Å². The highest BCUT2D eigenvalue weighted by Crippen LogP contribution is 2.58. The molecular formula is C26H26N2O. The molecule has 29 heavy (non-hydrogen) atoms. The van der Waals surface area contributed by atoms with Gasteiger partial charge in [-0.05, 0) is 42.0 Å². The maximum atomic E-state index is 13.0. The summed E-state index contributed by atoms with van der Waals surface area (Å²) in [5.41, 5.74) is 8.04. The Kier molecular flexibility index (Phi) is 5.30. The van der Waals surface area contributed by atoms with Crippen molar-refractivity contribution in [2.45, 2.75) is 32.1 Å². The predicted molar refractivity (Wildman–Crippen MR) is 118 cm³/mol. The number of carbonyl (C=O) groups is 1. The summed E-state index contributed by atoms with van der Waals surface area (Å²) in [6.45, 7) is 4.06. The van der Waals surface area contributed by atoms with Crippen LogP contribution in [0.4, 0.5) is 0 Å². The summed E-state index contributed by atoms with van der Waals surface area (Å²) in [6, 6.07) is 28.9. The van der Waals surface area contributed by atoms with E-state index in [1.165, 1.54) is 16.7 Å². The van der Waals surface area contributed by atoms with Crippen molar-refractivity contribution < 1.29 is 4.79 Å². The molecule has 1 fully saturated rings. The highest BCUT2D eigenvalue weighted by Gasteiger charge is 2.60. The van der Waals surface area contributed by atoms with Crippen molar-refractivity contribution in [1.29, 1.82) is 0 Å². The van der Waals surface area contributed by atoms with Gasteiger partial charge in [0.25, 0.3) is 0 Å². The number of carbonyl (C=O) groups excluding carboxylic acids is 1. The van der Waals surface area contributed by atoms with Gasteiger partial charge in [0.15, 0.2) is 0 Å². The molecule has 1 amide bonds. The van der Waals surface area contributed by atoms with E-state index in [0.29, 0.717) is 0 Å². The topological polar surface area (TPSA) is 41.5 Å². The molecule has 3 nitrogen and oxygen atoms in total. The SMILES string of the molecule is CCc1ccc(/C(C)=N\NC(=O)[C@@H]2CC2(c2ccccc2)c2ccccc2)cc1. The lowest BCUT2D eigenvalue weighted by Gasteiger charge is -2.18. The van der Waals surface area contributed by atoms with Crippen LogP contribution in [-0.4, -0.2) is 11.6 Å². The minimum absolute atomic E-state index is 0.0257. The van der Waals surface area contributed by atoms with E-state index in [1.807, 2.05) is 43.3 Å². The van der Waals surface area contributed by atoms with E-state index in [9.17, 15) is 4.79 Å². The van der Waals surface area contributed by atoms with Gasteiger partial charge in [-0.25, -0.2) is 5.43 Å². The summed E-state index contributed by atoms with van der Waals surface area (Å²) < 4.78 is 0. The fourth-order valence-electron chi connectivity index (χ4n) is 4.12. The average Bonchev–Trinajstić information content (AvgIpc) is 3.56. The molecule has 0 radical (unpaired) electrons. The van der Waals surface area contributed by atoms with Crippen LogP contribution < -0.4 is 5.43 Å². The zero-order chi connectivity index (χ0) is 20.3.